The monoisotopic (exact) mass is 310 g/mol. The molecule has 3 nitrogen and oxygen atoms in total. The third-order valence-electron chi connectivity index (χ3n) is 4.64. The number of anilines is 1. The first-order valence-corrected chi connectivity index (χ1v) is 7.83. The molecule has 0 atom stereocenters. The lowest BCUT2D eigenvalue weighted by atomic mass is 9.97. The van der Waals surface area contributed by atoms with Gasteiger partial charge in [0, 0.05) is 39.5 Å². The van der Waals surface area contributed by atoms with Crippen LogP contribution < -0.4 is 11.1 Å². The van der Waals surface area contributed by atoms with Crippen molar-refractivity contribution >= 4 is 38.2 Å². The summed E-state index contributed by atoms with van der Waals surface area (Å²) in [5.41, 5.74) is 8.65. The molecule has 2 aliphatic rings. The van der Waals surface area contributed by atoms with E-state index < -0.39 is 0 Å². The summed E-state index contributed by atoms with van der Waals surface area (Å²) < 4.78 is 6.12. The molecule has 114 valence electrons. The second-order valence-corrected chi connectivity index (χ2v) is 6.05. The van der Waals surface area contributed by atoms with Gasteiger partial charge in [0.1, 0.15) is 11.3 Å². The Labute approximate surface area is 137 Å². The van der Waals surface area contributed by atoms with E-state index in [0.29, 0.717) is 16.8 Å². The van der Waals surface area contributed by atoms with E-state index in [1.165, 1.54) is 0 Å². The minimum Gasteiger partial charge on any atom is -0.456 e. The Bertz CT molecular complexity index is 1280. The zero-order chi connectivity index (χ0) is 16.3. The molecule has 3 aromatic rings. The van der Waals surface area contributed by atoms with Crippen molar-refractivity contribution in [1.82, 2.24) is 0 Å². The predicted molar refractivity (Wildman–Crippen MR) is 98.1 cm³/mol. The molecule has 0 saturated carbocycles. The van der Waals surface area contributed by atoms with Crippen LogP contribution in [0.2, 0.25) is 0 Å². The van der Waals surface area contributed by atoms with Crippen LogP contribution in [0, 0.1) is 5.41 Å². The third-order valence-corrected chi connectivity index (χ3v) is 4.64. The maximum Gasteiger partial charge on any atom is 0.137 e. The smallest absolute Gasteiger partial charge is 0.137 e. The van der Waals surface area contributed by atoms with Crippen LogP contribution in [0.4, 0.5) is 5.69 Å². The minimum absolute atomic E-state index is 0.468. The largest absolute Gasteiger partial charge is 0.456 e. The fourth-order valence-corrected chi connectivity index (χ4v) is 3.50. The first-order chi connectivity index (χ1) is 11.7. The summed E-state index contributed by atoms with van der Waals surface area (Å²) in [6, 6.07) is 21.9. The molecule has 1 aliphatic carbocycles. The SMILES string of the molecule is N=c1cc2oc3cc(N)c4ccccc4c3cc-2c2ccccc12. The van der Waals surface area contributed by atoms with Crippen molar-refractivity contribution in [2.45, 2.75) is 0 Å². The molecule has 0 aromatic heterocycles. The molecule has 0 amide bonds. The van der Waals surface area contributed by atoms with Gasteiger partial charge in [-0.3, -0.25) is 0 Å². The van der Waals surface area contributed by atoms with Crippen molar-refractivity contribution in [2.24, 2.45) is 0 Å². The molecule has 3 heteroatoms. The van der Waals surface area contributed by atoms with Gasteiger partial charge in [0.25, 0.3) is 0 Å². The highest BCUT2D eigenvalue weighted by Gasteiger charge is 2.14. The molecule has 5 rings (SSSR count). The van der Waals surface area contributed by atoms with E-state index in [1.54, 1.807) is 6.07 Å². The lowest BCUT2D eigenvalue weighted by Crippen LogP contribution is -2.02. The summed E-state index contributed by atoms with van der Waals surface area (Å²) in [4.78, 5) is 0. The lowest BCUT2D eigenvalue weighted by molar-refractivity contribution is 0.620. The fraction of sp³-hybridized carbons (Fsp3) is 0. The fourth-order valence-electron chi connectivity index (χ4n) is 3.50. The molecule has 1 aliphatic heterocycles. The van der Waals surface area contributed by atoms with Gasteiger partial charge in [-0.05, 0) is 16.8 Å². The van der Waals surface area contributed by atoms with Crippen LogP contribution in [0.5, 0.6) is 0 Å². The van der Waals surface area contributed by atoms with Crippen molar-refractivity contribution in [3.63, 3.8) is 0 Å². The molecule has 24 heavy (non-hydrogen) atoms. The maximum atomic E-state index is 8.24. The highest BCUT2D eigenvalue weighted by atomic mass is 16.3. The molecule has 0 unspecified atom stereocenters. The molecular weight excluding hydrogens is 296 g/mol. The summed E-state index contributed by atoms with van der Waals surface area (Å²) in [6.07, 6.45) is 0. The highest BCUT2D eigenvalue weighted by Crippen LogP contribution is 2.37. The van der Waals surface area contributed by atoms with Crippen molar-refractivity contribution in [2.75, 3.05) is 5.73 Å². The first kappa shape index (κ1) is 13.1. The van der Waals surface area contributed by atoms with Crippen molar-refractivity contribution in [3.05, 3.63) is 72.1 Å². The van der Waals surface area contributed by atoms with Gasteiger partial charge in [-0.25, -0.2) is 0 Å². The van der Waals surface area contributed by atoms with Crippen molar-refractivity contribution in [3.8, 4) is 11.3 Å². The van der Waals surface area contributed by atoms with E-state index in [-0.39, 0.29) is 0 Å². The van der Waals surface area contributed by atoms with Gasteiger partial charge in [0.05, 0.1) is 5.36 Å². The lowest BCUT2D eigenvalue weighted by Gasteiger charge is -2.13. The second kappa shape index (κ2) is 4.59. The van der Waals surface area contributed by atoms with Gasteiger partial charge < -0.3 is 15.6 Å². The Morgan fingerprint density at radius 1 is 0.708 bits per heavy atom. The molecule has 0 saturated heterocycles. The molecule has 3 N–H and O–H groups in total. The number of benzene rings is 4. The van der Waals surface area contributed by atoms with Crippen LogP contribution in [0.1, 0.15) is 0 Å². The molecule has 1 heterocycles. The molecular formula is C21H14N2O. The Morgan fingerprint density at radius 2 is 1.38 bits per heavy atom. The van der Waals surface area contributed by atoms with Gasteiger partial charge >= 0.3 is 0 Å². The zero-order valence-corrected chi connectivity index (χ0v) is 12.8. The first-order valence-electron chi connectivity index (χ1n) is 7.83. The second-order valence-electron chi connectivity index (χ2n) is 6.05. The predicted octanol–water partition coefficient (Wildman–Crippen LogP) is 4.91. The van der Waals surface area contributed by atoms with Gasteiger partial charge in [-0.1, -0.05) is 48.5 Å². The number of nitrogen functional groups attached to an aromatic ring is 1. The average molecular weight is 310 g/mol. The van der Waals surface area contributed by atoms with E-state index in [2.05, 4.69) is 12.1 Å². The van der Waals surface area contributed by atoms with Crippen LogP contribution in [0.15, 0.2) is 71.1 Å². The summed E-state index contributed by atoms with van der Waals surface area (Å²) in [5.74, 6) is 0.709. The normalized spacial score (nSPS) is 11.7. The number of fused-ring (bicyclic) bond motifs is 6. The summed E-state index contributed by atoms with van der Waals surface area (Å²) in [5, 5.41) is 13.8. The molecule has 0 bridgehead atoms. The standard InChI is InChI=1S/C21H14N2O/c22-18-10-20-16(12-5-1-3-7-14(12)18)9-17-13-6-2-4-8-15(13)19(23)11-21(17)24-20/h1-11,22H,23H2. The number of hydrogen-bond donors (Lipinski definition) is 2. The van der Waals surface area contributed by atoms with E-state index in [1.807, 2.05) is 48.5 Å². The van der Waals surface area contributed by atoms with Crippen LogP contribution in [0.3, 0.4) is 0 Å². The van der Waals surface area contributed by atoms with E-state index in [9.17, 15) is 0 Å². The van der Waals surface area contributed by atoms with Crippen molar-refractivity contribution in [1.29, 1.82) is 5.41 Å². The number of nitrogens with two attached hydrogens (primary N) is 1. The van der Waals surface area contributed by atoms with E-state index >= 15 is 0 Å². The van der Waals surface area contributed by atoms with Gasteiger partial charge in [-0.2, -0.15) is 0 Å². The Morgan fingerprint density at radius 3 is 2.17 bits per heavy atom. The van der Waals surface area contributed by atoms with Gasteiger partial charge in [0.15, 0.2) is 0 Å². The summed E-state index contributed by atoms with van der Waals surface area (Å²) in [6.45, 7) is 0. The van der Waals surface area contributed by atoms with Gasteiger partial charge in [0.2, 0.25) is 0 Å². The summed E-state index contributed by atoms with van der Waals surface area (Å²) >= 11 is 0. The maximum absolute atomic E-state index is 8.24. The number of nitrogens with one attached hydrogen (secondary N) is 1. The van der Waals surface area contributed by atoms with Crippen LogP contribution in [-0.2, 0) is 0 Å². The average Bonchev–Trinajstić information content (AvgIpc) is 2.61. The highest BCUT2D eigenvalue weighted by molar-refractivity contribution is 6.13. The molecule has 0 radical (unpaired) electrons. The van der Waals surface area contributed by atoms with Crippen LogP contribution in [0.25, 0.3) is 43.8 Å². The summed E-state index contributed by atoms with van der Waals surface area (Å²) in [7, 11) is 0. The molecule has 0 fully saturated rings. The quantitative estimate of drug-likeness (QED) is 0.242. The van der Waals surface area contributed by atoms with Crippen LogP contribution >= 0.6 is 0 Å². The molecule has 3 aromatic carbocycles. The Kier molecular flexibility index (Phi) is 2.51. The Hall–Kier alpha value is -3.33. The third kappa shape index (κ3) is 1.69. The van der Waals surface area contributed by atoms with E-state index in [0.717, 1.165) is 38.1 Å². The topological polar surface area (TPSA) is 63.0 Å². The van der Waals surface area contributed by atoms with Crippen LogP contribution in [-0.4, -0.2) is 0 Å². The van der Waals surface area contributed by atoms with Crippen molar-refractivity contribution < 1.29 is 4.42 Å². The van der Waals surface area contributed by atoms with Gasteiger partial charge in [-0.15, -0.1) is 0 Å². The number of rotatable bonds is 0. The minimum atomic E-state index is 0.468. The molecule has 0 spiro atoms. The van der Waals surface area contributed by atoms with E-state index in [4.69, 9.17) is 15.6 Å². The zero-order valence-electron chi connectivity index (χ0n) is 12.8. The number of hydrogen-bond acceptors (Lipinski definition) is 3. The Balaban J connectivity index is 2.07.